The van der Waals surface area contributed by atoms with Crippen LogP contribution in [0, 0.1) is 15.5 Å². The third-order valence-corrected chi connectivity index (χ3v) is 4.05. The second-order valence-electron chi connectivity index (χ2n) is 6.86. The summed E-state index contributed by atoms with van der Waals surface area (Å²) < 4.78 is 1.24. The van der Waals surface area contributed by atoms with E-state index in [1.165, 1.54) is 10.7 Å². The van der Waals surface area contributed by atoms with Crippen LogP contribution in [0.4, 0.5) is 11.6 Å². The van der Waals surface area contributed by atoms with E-state index in [1.54, 1.807) is 12.1 Å². The highest BCUT2D eigenvalue weighted by Crippen LogP contribution is 2.21. The van der Waals surface area contributed by atoms with Crippen molar-refractivity contribution in [1.29, 1.82) is 0 Å². The van der Waals surface area contributed by atoms with Crippen molar-refractivity contribution < 1.29 is 9.72 Å². The first-order valence-corrected chi connectivity index (χ1v) is 7.81. The van der Waals surface area contributed by atoms with Crippen LogP contribution in [0.1, 0.15) is 20.8 Å². The van der Waals surface area contributed by atoms with E-state index in [9.17, 15) is 14.9 Å². The fourth-order valence-corrected chi connectivity index (χ4v) is 2.76. The molecule has 3 rings (SSSR count). The van der Waals surface area contributed by atoms with Crippen molar-refractivity contribution in [2.45, 2.75) is 20.8 Å². The molecule has 0 aliphatic carbocycles. The summed E-state index contributed by atoms with van der Waals surface area (Å²) in [7, 11) is 0. The Morgan fingerprint density at radius 2 is 1.88 bits per heavy atom. The molecule has 0 unspecified atom stereocenters. The van der Waals surface area contributed by atoms with Gasteiger partial charge in [0.25, 0.3) is 0 Å². The van der Waals surface area contributed by atoms with Gasteiger partial charge in [-0.05, 0) is 11.0 Å². The molecule has 9 nitrogen and oxygen atoms in total. The average molecular weight is 332 g/mol. The summed E-state index contributed by atoms with van der Waals surface area (Å²) in [5, 5.41) is 15.4. The highest BCUT2D eigenvalue weighted by molar-refractivity contribution is 5.81. The third-order valence-electron chi connectivity index (χ3n) is 4.05. The molecule has 24 heavy (non-hydrogen) atoms. The van der Waals surface area contributed by atoms with E-state index >= 15 is 0 Å². The molecule has 3 heterocycles. The van der Waals surface area contributed by atoms with Crippen molar-refractivity contribution in [3.8, 4) is 0 Å². The largest absolute Gasteiger partial charge is 0.368 e. The van der Waals surface area contributed by atoms with E-state index < -0.39 is 10.3 Å². The number of aromatic nitrogens is 3. The summed E-state index contributed by atoms with van der Waals surface area (Å²) in [6.07, 6.45) is 1.20. The van der Waals surface area contributed by atoms with E-state index in [0.717, 1.165) is 0 Å². The quantitative estimate of drug-likeness (QED) is 0.608. The van der Waals surface area contributed by atoms with E-state index in [4.69, 9.17) is 0 Å². The Morgan fingerprint density at radius 3 is 2.46 bits per heavy atom. The van der Waals surface area contributed by atoms with Gasteiger partial charge in [0, 0.05) is 37.7 Å². The van der Waals surface area contributed by atoms with Gasteiger partial charge in [-0.15, -0.1) is 0 Å². The van der Waals surface area contributed by atoms with Crippen LogP contribution in [0.5, 0.6) is 0 Å². The normalized spacial score (nSPS) is 15.8. The Balaban J connectivity index is 1.77. The molecular weight excluding hydrogens is 312 g/mol. The minimum absolute atomic E-state index is 0.135. The van der Waals surface area contributed by atoms with Crippen molar-refractivity contribution >= 4 is 23.2 Å². The molecule has 0 N–H and O–H groups in total. The van der Waals surface area contributed by atoms with E-state index in [0.29, 0.717) is 37.6 Å². The molecule has 0 spiro atoms. The fraction of sp³-hybridized carbons (Fsp3) is 0.533. The monoisotopic (exact) mass is 332 g/mol. The Labute approximate surface area is 139 Å². The zero-order chi connectivity index (χ0) is 17.5. The van der Waals surface area contributed by atoms with Crippen molar-refractivity contribution in [2.24, 2.45) is 5.41 Å². The molecule has 2 aromatic rings. The van der Waals surface area contributed by atoms with Gasteiger partial charge in [-0.3, -0.25) is 4.79 Å². The maximum Gasteiger partial charge on any atom is 0.368 e. The number of nitro groups is 1. The summed E-state index contributed by atoms with van der Waals surface area (Å²) in [5.41, 5.74) is 0.0449. The zero-order valence-corrected chi connectivity index (χ0v) is 14.0. The van der Waals surface area contributed by atoms with Gasteiger partial charge in [0.2, 0.25) is 11.6 Å². The lowest BCUT2D eigenvalue weighted by molar-refractivity contribution is -0.391. The number of fused-ring (bicyclic) bond motifs is 1. The first-order valence-electron chi connectivity index (χ1n) is 7.81. The smallest absolute Gasteiger partial charge is 0.358 e. The van der Waals surface area contributed by atoms with Crippen molar-refractivity contribution in [3.63, 3.8) is 0 Å². The number of anilines is 1. The Morgan fingerprint density at radius 1 is 1.21 bits per heavy atom. The van der Waals surface area contributed by atoms with Crippen LogP contribution in [-0.2, 0) is 4.79 Å². The number of hydrogen-bond donors (Lipinski definition) is 0. The minimum Gasteiger partial charge on any atom is -0.358 e. The van der Waals surface area contributed by atoms with Gasteiger partial charge < -0.3 is 19.9 Å². The molecule has 0 saturated carbocycles. The van der Waals surface area contributed by atoms with Gasteiger partial charge in [-0.1, -0.05) is 30.4 Å². The summed E-state index contributed by atoms with van der Waals surface area (Å²) in [4.78, 5) is 30.7. The maximum atomic E-state index is 12.3. The Kier molecular flexibility index (Phi) is 3.86. The number of rotatable bonds is 2. The van der Waals surface area contributed by atoms with Gasteiger partial charge in [-0.2, -0.15) is 0 Å². The van der Waals surface area contributed by atoms with Crippen LogP contribution in [0.25, 0.3) is 5.65 Å². The fourth-order valence-electron chi connectivity index (χ4n) is 2.76. The van der Waals surface area contributed by atoms with Crippen molar-refractivity contribution in [1.82, 2.24) is 19.5 Å². The van der Waals surface area contributed by atoms with Crippen molar-refractivity contribution in [3.05, 3.63) is 28.4 Å². The van der Waals surface area contributed by atoms with Crippen molar-refractivity contribution in [2.75, 3.05) is 31.1 Å². The SMILES string of the molecule is CC(C)(C)C(=O)N1CCN(c2ccc3ncc([N+](=O)[O-])n3n2)CC1. The summed E-state index contributed by atoms with van der Waals surface area (Å²) in [5.74, 6) is 0.621. The molecule has 0 radical (unpaired) electrons. The number of carbonyl (C=O) groups is 1. The average Bonchev–Trinajstić information content (AvgIpc) is 2.96. The van der Waals surface area contributed by atoms with E-state index in [1.807, 2.05) is 30.6 Å². The maximum absolute atomic E-state index is 12.3. The van der Waals surface area contributed by atoms with Crippen LogP contribution < -0.4 is 4.90 Å². The van der Waals surface area contributed by atoms with Crippen LogP contribution >= 0.6 is 0 Å². The lowest BCUT2D eigenvalue weighted by Crippen LogP contribution is -2.51. The zero-order valence-electron chi connectivity index (χ0n) is 14.0. The summed E-state index contributed by atoms with van der Waals surface area (Å²) in [6, 6.07) is 3.51. The number of amides is 1. The summed E-state index contributed by atoms with van der Waals surface area (Å²) >= 11 is 0. The van der Waals surface area contributed by atoms with Crippen LogP contribution in [-0.4, -0.2) is 56.5 Å². The highest BCUT2D eigenvalue weighted by atomic mass is 16.6. The van der Waals surface area contributed by atoms with E-state index in [2.05, 4.69) is 10.1 Å². The molecule has 1 saturated heterocycles. The molecule has 0 atom stereocenters. The number of imidazole rings is 1. The van der Waals surface area contributed by atoms with E-state index in [-0.39, 0.29) is 11.7 Å². The third kappa shape index (κ3) is 2.89. The molecule has 0 aromatic carbocycles. The molecule has 0 bridgehead atoms. The predicted octanol–water partition coefficient (Wildman–Crippen LogP) is 1.33. The molecule has 1 aliphatic rings. The molecule has 1 aliphatic heterocycles. The molecule has 128 valence electrons. The van der Waals surface area contributed by atoms with Gasteiger partial charge in [0.1, 0.15) is 6.20 Å². The Bertz CT molecular complexity index is 786. The topological polar surface area (TPSA) is 96.9 Å². The number of hydrogen-bond acceptors (Lipinski definition) is 6. The molecular formula is C15H20N6O3. The Hall–Kier alpha value is -2.71. The van der Waals surface area contributed by atoms with Gasteiger partial charge in [0.15, 0.2) is 5.82 Å². The minimum atomic E-state index is -0.503. The molecule has 9 heteroatoms. The first-order chi connectivity index (χ1) is 11.3. The van der Waals surface area contributed by atoms with Crippen LogP contribution in [0.15, 0.2) is 18.3 Å². The predicted molar refractivity (Wildman–Crippen MR) is 87.9 cm³/mol. The molecule has 2 aromatic heterocycles. The standard InChI is InChI=1S/C15H20N6O3/c1-15(2,3)14(22)19-8-6-18(7-9-19)12-5-4-11-16-10-13(21(23)24)20(11)17-12/h4-5,10H,6-9H2,1-3H3. The second kappa shape index (κ2) is 5.73. The van der Waals surface area contributed by atoms with Gasteiger partial charge in [0.05, 0.1) is 0 Å². The lowest BCUT2D eigenvalue weighted by Gasteiger charge is -2.37. The van der Waals surface area contributed by atoms with Crippen LogP contribution in [0.2, 0.25) is 0 Å². The lowest BCUT2D eigenvalue weighted by atomic mass is 9.94. The van der Waals surface area contributed by atoms with Gasteiger partial charge in [-0.25, -0.2) is 4.98 Å². The number of nitrogens with zero attached hydrogens (tertiary/aromatic N) is 6. The molecule has 1 amide bonds. The summed E-state index contributed by atoms with van der Waals surface area (Å²) in [6.45, 7) is 8.25. The number of piperazine rings is 1. The highest BCUT2D eigenvalue weighted by Gasteiger charge is 2.30. The second-order valence-corrected chi connectivity index (χ2v) is 6.86. The van der Waals surface area contributed by atoms with Crippen LogP contribution in [0.3, 0.4) is 0 Å². The molecule has 1 fully saturated rings. The first kappa shape index (κ1) is 16.2. The van der Waals surface area contributed by atoms with Gasteiger partial charge >= 0.3 is 5.82 Å². The number of carbonyl (C=O) groups excluding carboxylic acids is 1.